The Morgan fingerprint density at radius 3 is 2.79 bits per heavy atom. The zero-order valence-corrected chi connectivity index (χ0v) is 16.0. The Kier molecular flexibility index (Phi) is 3.81. The van der Waals surface area contributed by atoms with Crippen LogP contribution in [0.25, 0.3) is 16.8 Å². The van der Waals surface area contributed by atoms with Crippen molar-refractivity contribution in [3.05, 3.63) is 42.6 Å². The second kappa shape index (κ2) is 6.24. The highest BCUT2D eigenvalue weighted by Crippen LogP contribution is 2.26. The Labute approximate surface area is 160 Å². The van der Waals surface area contributed by atoms with Gasteiger partial charge in [0.15, 0.2) is 0 Å². The van der Waals surface area contributed by atoms with Crippen molar-refractivity contribution in [2.75, 3.05) is 31.1 Å². The number of anilines is 1. The molecule has 5 heterocycles. The number of nitrogens with zero attached hydrogens (tertiary/aromatic N) is 7. The van der Waals surface area contributed by atoms with Crippen LogP contribution < -0.4 is 4.90 Å². The molecular weight excluding hydrogens is 380 g/mol. The van der Waals surface area contributed by atoms with Crippen LogP contribution in [-0.2, 0) is 10.0 Å². The Balaban J connectivity index is 1.41. The molecule has 0 unspecified atom stereocenters. The molecule has 11 heteroatoms. The van der Waals surface area contributed by atoms with Crippen molar-refractivity contribution in [2.24, 2.45) is 0 Å². The molecule has 28 heavy (non-hydrogen) atoms. The van der Waals surface area contributed by atoms with E-state index >= 15 is 0 Å². The summed E-state index contributed by atoms with van der Waals surface area (Å²) >= 11 is 0. The summed E-state index contributed by atoms with van der Waals surface area (Å²) in [6, 6.07) is 5.45. The summed E-state index contributed by atoms with van der Waals surface area (Å²) in [6.07, 6.45) is 4.62. The number of sulfonamides is 1. The minimum absolute atomic E-state index is 0.266. The van der Waals surface area contributed by atoms with Crippen LogP contribution >= 0.6 is 0 Å². The predicted octanol–water partition coefficient (Wildman–Crippen LogP) is 0.820. The van der Waals surface area contributed by atoms with Gasteiger partial charge in [-0.05, 0) is 19.1 Å². The molecule has 0 atom stereocenters. The maximum Gasteiger partial charge on any atom is 0.254 e. The van der Waals surface area contributed by atoms with E-state index in [0.29, 0.717) is 43.0 Å². The van der Waals surface area contributed by atoms with Crippen molar-refractivity contribution >= 4 is 32.7 Å². The lowest BCUT2D eigenvalue weighted by molar-refractivity contribution is 0.383. The molecule has 0 radical (unpaired) electrons. The Bertz CT molecular complexity index is 1270. The van der Waals surface area contributed by atoms with E-state index in [1.807, 2.05) is 13.0 Å². The average molecular weight is 398 g/mol. The molecule has 144 valence electrons. The van der Waals surface area contributed by atoms with Crippen LogP contribution in [0.2, 0.25) is 0 Å². The van der Waals surface area contributed by atoms with Gasteiger partial charge in [0.1, 0.15) is 22.7 Å². The van der Waals surface area contributed by atoms with E-state index in [-0.39, 0.29) is 4.90 Å². The summed E-state index contributed by atoms with van der Waals surface area (Å²) in [7, 11) is -3.60. The summed E-state index contributed by atoms with van der Waals surface area (Å²) < 4.78 is 29.5. The summed E-state index contributed by atoms with van der Waals surface area (Å²) in [5.41, 5.74) is 1.41. The van der Waals surface area contributed by atoms with Gasteiger partial charge in [-0.1, -0.05) is 0 Å². The number of H-pyrrole nitrogens is 1. The second-order valence-electron chi connectivity index (χ2n) is 6.67. The van der Waals surface area contributed by atoms with Crippen LogP contribution in [0.3, 0.4) is 0 Å². The van der Waals surface area contributed by atoms with E-state index in [4.69, 9.17) is 0 Å². The molecule has 1 saturated heterocycles. The maximum atomic E-state index is 13.2. The van der Waals surface area contributed by atoms with E-state index in [1.165, 1.54) is 16.8 Å². The highest BCUT2D eigenvalue weighted by molar-refractivity contribution is 7.89. The number of piperazine rings is 1. The highest BCUT2D eigenvalue weighted by atomic mass is 32.2. The van der Waals surface area contributed by atoms with Gasteiger partial charge in [-0.15, -0.1) is 0 Å². The molecule has 0 spiro atoms. The molecule has 10 nitrogen and oxygen atoms in total. The quantitative estimate of drug-likeness (QED) is 0.544. The highest BCUT2D eigenvalue weighted by Gasteiger charge is 2.31. The molecule has 5 rings (SSSR count). The largest absolute Gasteiger partial charge is 0.354 e. The molecule has 0 bridgehead atoms. The molecule has 0 amide bonds. The van der Waals surface area contributed by atoms with Gasteiger partial charge in [-0.3, -0.25) is 0 Å². The van der Waals surface area contributed by atoms with Crippen molar-refractivity contribution in [2.45, 2.75) is 11.8 Å². The van der Waals surface area contributed by atoms with Gasteiger partial charge < -0.3 is 9.88 Å². The molecule has 1 aliphatic rings. The van der Waals surface area contributed by atoms with Gasteiger partial charge in [0, 0.05) is 55.7 Å². The first kappa shape index (κ1) is 17.1. The van der Waals surface area contributed by atoms with Crippen LogP contribution in [0.4, 0.5) is 5.82 Å². The monoisotopic (exact) mass is 398 g/mol. The minimum Gasteiger partial charge on any atom is -0.354 e. The molecule has 0 aromatic carbocycles. The number of aromatic nitrogens is 6. The first-order chi connectivity index (χ1) is 13.5. The standard InChI is InChI=1S/C17H18N8O2S/c1-12-9-15(25-17(22-12)20-11-21-25)23-5-7-24(8-6-23)28(26,27)14-10-19-16-13(14)3-2-4-18-16/h2-4,9-11H,5-8H2,1H3,(H,18,19). The molecule has 1 aliphatic heterocycles. The number of nitrogens with one attached hydrogen (secondary N) is 1. The Morgan fingerprint density at radius 2 is 1.96 bits per heavy atom. The first-order valence-electron chi connectivity index (χ1n) is 8.88. The topological polar surface area (TPSA) is 112 Å². The minimum atomic E-state index is -3.60. The summed E-state index contributed by atoms with van der Waals surface area (Å²) in [6.45, 7) is 3.78. The van der Waals surface area contributed by atoms with E-state index < -0.39 is 10.0 Å². The molecule has 0 saturated carbocycles. The van der Waals surface area contributed by atoms with Gasteiger partial charge in [0.05, 0.1) is 0 Å². The van der Waals surface area contributed by atoms with Gasteiger partial charge in [-0.25, -0.2) is 18.4 Å². The average Bonchev–Trinajstić information content (AvgIpc) is 3.34. The van der Waals surface area contributed by atoms with Crippen molar-refractivity contribution in [3.8, 4) is 0 Å². The van der Waals surface area contributed by atoms with Crippen molar-refractivity contribution in [3.63, 3.8) is 0 Å². The van der Waals surface area contributed by atoms with Crippen molar-refractivity contribution in [1.82, 2.24) is 33.9 Å². The third-order valence-electron chi connectivity index (χ3n) is 4.95. The summed E-state index contributed by atoms with van der Waals surface area (Å²) in [4.78, 5) is 18.0. The third-order valence-corrected chi connectivity index (χ3v) is 6.89. The molecule has 4 aromatic heterocycles. The first-order valence-corrected chi connectivity index (χ1v) is 10.3. The summed E-state index contributed by atoms with van der Waals surface area (Å²) in [5.74, 6) is 1.41. The number of aromatic amines is 1. The van der Waals surface area contributed by atoms with Crippen LogP contribution in [0, 0.1) is 6.92 Å². The van der Waals surface area contributed by atoms with Crippen LogP contribution in [0.15, 0.2) is 41.8 Å². The number of hydrogen-bond acceptors (Lipinski definition) is 7. The van der Waals surface area contributed by atoms with E-state index in [0.717, 1.165) is 11.5 Å². The number of aryl methyl sites for hydroxylation is 1. The lowest BCUT2D eigenvalue weighted by atomic mass is 10.3. The molecule has 1 fully saturated rings. The van der Waals surface area contributed by atoms with Gasteiger partial charge in [0.25, 0.3) is 5.78 Å². The van der Waals surface area contributed by atoms with Crippen molar-refractivity contribution in [1.29, 1.82) is 0 Å². The predicted molar refractivity (Wildman–Crippen MR) is 103 cm³/mol. The lowest BCUT2D eigenvalue weighted by Gasteiger charge is -2.35. The fourth-order valence-electron chi connectivity index (χ4n) is 3.58. The molecule has 4 aromatic rings. The Morgan fingerprint density at radius 1 is 1.14 bits per heavy atom. The van der Waals surface area contributed by atoms with Gasteiger partial charge in [0.2, 0.25) is 10.0 Å². The Hall–Kier alpha value is -3.05. The summed E-state index contributed by atoms with van der Waals surface area (Å²) in [5, 5.41) is 4.85. The smallest absolute Gasteiger partial charge is 0.254 e. The maximum absolute atomic E-state index is 13.2. The SMILES string of the molecule is Cc1cc(N2CCN(S(=O)(=O)c3c[nH]c4ncccc34)CC2)n2ncnc2n1. The second-order valence-corrected chi connectivity index (χ2v) is 8.58. The lowest BCUT2D eigenvalue weighted by Crippen LogP contribution is -2.49. The fourth-order valence-corrected chi connectivity index (χ4v) is 5.15. The number of pyridine rings is 1. The normalized spacial score (nSPS) is 16.2. The van der Waals surface area contributed by atoms with E-state index in [2.05, 4.69) is 29.9 Å². The van der Waals surface area contributed by atoms with Crippen LogP contribution in [0.1, 0.15) is 5.69 Å². The van der Waals surface area contributed by atoms with Crippen LogP contribution in [-0.4, -0.2) is 68.5 Å². The zero-order valence-electron chi connectivity index (χ0n) is 15.1. The third kappa shape index (κ3) is 2.62. The van der Waals surface area contributed by atoms with Gasteiger partial charge >= 0.3 is 0 Å². The molecule has 1 N–H and O–H groups in total. The van der Waals surface area contributed by atoms with Crippen LogP contribution in [0.5, 0.6) is 0 Å². The van der Waals surface area contributed by atoms with Gasteiger partial charge in [-0.2, -0.15) is 18.9 Å². The molecular formula is C17H18N8O2S. The number of fused-ring (bicyclic) bond motifs is 2. The van der Waals surface area contributed by atoms with E-state index in [9.17, 15) is 8.42 Å². The fraction of sp³-hybridized carbons (Fsp3) is 0.294. The van der Waals surface area contributed by atoms with Crippen molar-refractivity contribution < 1.29 is 8.42 Å². The number of hydrogen-bond donors (Lipinski definition) is 1. The zero-order chi connectivity index (χ0) is 19.3. The van der Waals surface area contributed by atoms with E-state index in [1.54, 1.807) is 22.8 Å². The molecule has 0 aliphatic carbocycles. The number of rotatable bonds is 3.